The molecule has 3 heterocycles. The minimum absolute atomic E-state index is 0. The summed E-state index contributed by atoms with van der Waals surface area (Å²) in [7, 11) is -10.8. The first-order chi connectivity index (χ1) is 13.4. The molecule has 1 saturated heterocycles. The Morgan fingerprint density at radius 3 is 2.47 bits per heavy atom. The molecule has 2 aromatic heterocycles. The van der Waals surface area contributed by atoms with Gasteiger partial charge in [0.15, 0.2) is 30.3 Å². The zero-order valence-electron chi connectivity index (χ0n) is 17.0. The molecule has 1 aliphatic rings. The maximum atomic E-state index is 12.0. The minimum atomic E-state index is -5.49. The molecule has 1 fully saturated rings. The van der Waals surface area contributed by atoms with Crippen molar-refractivity contribution in [1.29, 1.82) is 0 Å². The molecule has 1 unspecified atom stereocenters. The van der Waals surface area contributed by atoms with Crippen LogP contribution in [0.3, 0.4) is 0 Å². The van der Waals surface area contributed by atoms with E-state index in [0.29, 0.717) is 5.16 Å². The van der Waals surface area contributed by atoms with Crippen molar-refractivity contribution < 1.29 is 131 Å². The molecule has 0 radical (unpaired) electrons. The first-order valence-corrected chi connectivity index (χ1v) is 11.3. The molecule has 1 aliphatic heterocycles. The van der Waals surface area contributed by atoms with Crippen LogP contribution in [-0.2, 0) is 22.7 Å². The molecule has 0 saturated carbocycles. The SMILES string of the molecule is [BH3-]P(=O)(OC[C@H]1O[C@@H](n2cnc3c(N)nc(SC)nc32)[C@H](O)[C@@H]1O)OP(=O)([O-])[O-].[Na+].[Na+].[Na+]. The number of imidazole rings is 1. The maximum absolute atomic E-state index is 12.0. The number of thioether (sulfide) groups is 1. The second-order valence-electron chi connectivity index (χ2n) is 5.51. The van der Waals surface area contributed by atoms with Gasteiger partial charge in [-0.3, -0.25) is 4.57 Å². The maximum Gasteiger partial charge on any atom is 1.00 e. The fourth-order valence-corrected chi connectivity index (χ4v) is 4.01. The van der Waals surface area contributed by atoms with E-state index in [2.05, 4.69) is 19.3 Å². The number of fused-ring (bicyclic) bond motifs is 1. The molecule has 4 N–H and O–H groups in total. The third-order valence-corrected chi connectivity index (χ3v) is 5.97. The van der Waals surface area contributed by atoms with E-state index >= 15 is 0 Å². The summed E-state index contributed by atoms with van der Waals surface area (Å²) in [6, 6.07) is 0. The van der Waals surface area contributed by atoms with E-state index in [1.165, 1.54) is 22.7 Å². The Kier molecular flexibility index (Phi) is 14.3. The van der Waals surface area contributed by atoms with Crippen LogP contribution in [0, 0.1) is 0 Å². The van der Waals surface area contributed by atoms with Crippen molar-refractivity contribution in [3.63, 3.8) is 0 Å². The summed E-state index contributed by atoms with van der Waals surface area (Å²) in [6.45, 7) is -0.560. The van der Waals surface area contributed by atoms with Crippen LogP contribution in [0.25, 0.3) is 11.2 Å². The van der Waals surface area contributed by atoms with Crippen LogP contribution in [0.2, 0.25) is 0 Å². The number of anilines is 1. The molecular weight excluding hydrogens is 520 g/mol. The van der Waals surface area contributed by atoms with Gasteiger partial charge in [-0.05, 0) is 6.26 Å². The first kappa shape index (κ1) is 33.9. The molecule has 32 heavy (non-hydrogen) atoms. The number of nitrogens with two attached hydrogens (primary N) is 1. The van der Waals surface area contributed by atoms with Crippen LogP contribution < -0.4 is 104 Å². The predicted octanol–water partition coefficient (Wildman–Crippen LogP) is -11.9. The summed E-state index contributed by atoms with van der Waals surface area (Å²) in [5.74, 6) is 0.128. The minimum Gasteiger partial charge on any atom is -0.790 e. The van der Waals surface area contributed by atoms with Crippen LogP contribution in [0.4, 0.5) is 5.82 Å². The number of aliphatic hydroxyl groups is 2. The van der Waals surface area contributed by atoms with E-state index in [4.69, 9.17) is 15.0 Å². The number of hydrogen-bond donors (Lipinski definition) is 3. The molecule has 14 nitrogen and oxygen atoms in total. The number of aromatic nitrogens is 4. The number of aliphatic hydroxyl groups excluding tert-OH is 2. The Hall–Kier alpha value is 1.94. The van der Waals surface area contributed by atoms with Crippen LogP contribution in [-0.4, -0.2) is 68.5 Å². The topological polar surface area (TPSA) is 218 Å². The van der Waals surface area contributed by atoms with Crippen molar-refractivity contribution in [2.24, 2.45) is 0 Å². The van der Waals surface area contributed by atoms with Crippen molar-refractivity contribution in [3.8, 4) is 0 Å². The third-order valence-electron chi connectivity index (χ3n) is 3.73. The Morgan fingerprint density at radius 2 is 1.91 bits per heavy atom. The van der Waals surface area contributed by atoms with E-state index in [0.717, 1.165) is 0 Å². The van der Waals surface area contributed by atoms with Crippen molar-refractivity contribution >= 4 is 51.6 Å². The van der Waals surface area contributed by atoms with Gasteiger partial charge in [-0.1, -0.05) is 11.8 Å². The molecule has 0 aromatic carbocycles. The summed E-state index contributed by atoms with van der Waals surface area (Å²) in [5.41, 5.74) is 6.39. The van der Waals surface area contributed by atoms with Gasteiger partial charge in [-0.2, -0.15) is 0 Å². The third kappa shape index (κ3) is 8.24. The average molecular weight is 537 g/mol. The molecule has 0 aliphatic carbocycles. The quantitative estimate of drug-likeness (QED) is 0.129. The number of phosphoric acid groups is 1. The van der Waals surface area contributed by atoms with Gasteiger partial charge in [0.1, 0.15) is 23.8 Å². The Bertz CT molecular complexity index is 1020. The smallest absolute Gasteiger partial charge is 0.790 e. The Balaban J connectivity index is 0.00000320. The van der Waals surface area contributed by atoms with Gasteiger partial charge in [0.2, 0.25) is 0 Å². The van der Waals surface area contributed by atoms with Crippen molar-refractivity contribution in [3.05, 3.63) is 6.33 Å². The summed E-state index contributed by atoms with van der Waals surface area (Å²) in [6.07, 6.45) is -2.17. The van der Waals surface area contributed by atoms with Gasteiger partial charge >= 0.3 is 88.7 Å². The van der Waals surface area contributed by atoms with E-state index in [1.807, 2.05) is 0 Å². The van der Waals surface area contributed by atoms with Gasteiger partial charge in [0.05, 0.1) is 28.3 Å². The normalized spacial score (nSPS) is 24.8. The summed E-state index contributed by atoms with van der Waals surface area (Å²) in [5, 5.41) is 21.0. The Labute approximate surface area is 254 Å². The van der Waals surface area contributed by atoms with Crippen LogP contribution in [0.1, 0.15) is 6.23 Å². The molecule has 5 atom stereocenters. The monoisotopic (exact) mass is 537 g/mol. The fraction of sp³-hybridized carbons (Fsp3) is 0.545. The number of hydrogen-bond acceptors (Lipinski definition) is 14. The van der Waals surface area contributed by atoms with E-state index in [-0.39, 0.29) is 106 Å². The van der Waals surface area contributed by atoms with Gasteiger partial charge in [-0.15, -0.1) is 0 Å². The number of ether oxygens (including phenoxy) is 1. The Morgan fingerprint density at radius 1 is 1.28 bits per heavy atom. The fourth-order valence-electron chi connectivity index (χ4n) is 2.53. The van der Waals surface area contributed by atoms with Crippen molar-refractivity contribution in [1.82, 2.24) is 19.5 Å². The molecule has 162 valence electrons. The van der Waals surface area contributed by atoms with E-state index in [1.54, 1.807) is 6.26 Å². The standard InChI is InChI=1S/C11H19BN5O9P2S.3Na/c1-29-11-15-8(13)5-9(16-11)17(3-14-5)10-7(19)6(18)4(25-10)2-24-27(12,20)26-28(21,22)23;;;/h3-4,6-7,10,18-19H,2H2,1,12H3,(H2,13,15,16)(H2,21,22,23);;;/q-1;3*+1/p-2/t4-,6-,7-,10-,27?;;;/m1.../s1. The second kappa shape index (κ2) is 13.5. The molecule has 0 amide bonds. The summed E-state index contributed by atoms with van der Waals surface area (Å²) >= 11 is 1.24. The number of nitrogens with zero attached hydrogens (tertiary/aromatic N) is 4. The largest absolute Gasteiger partial charge is 1.00 e. The van der Waals surface area contributed by atoms with Crippen LogP contribution in [0.5, 0.6) is 0 Å². The average Bonchev–Trinajstić information content (AvgIpc) is 3.13. The molecule has 0 bridgehead atoms. The van der Waals surface area contributed by atoms with Crippen LogP contribution in [0.15, 0.2) is 11.5 Å². The number of nitrogen functional groups attached to an aromatic ring is 1. The molecule has 3 rings (SSSR count). The summed E-state index contributed by atoms with van der Waals surface area (Å²) in [4.78, 5) is 33.7. The van der Waals surface area contributed by atoms with Gasteiger partial charge < -0.3 is 48.4 Å². The molecule has 21 heteroatoms. The zero-order chi connectivity index (χ0) is 21.6. The van der Waals surface area contributed by atoms with Crippen LogP contribution >= 0.6 is 27.1 Å². The molecule has 2 aromatic rings. The zero-order valence-corrected chi connectivity index (χ0v) is 25.6. The van der Waals surface area contributed by atoms with Crippen molar-refractivity contribution in [2.45, 2.75) is 29.7 Å². The predicted molar refractivity (Wildman–Crippen MR) is 99.6 cm³/mol. The summed E-state index contributed by atoms with van der Waals surface area (Å²) < 4.78 is 38.5. The first-order valence-electron chi connectivity index (χ1n) is 7.48. The van der Waals surface area contributed by atoms with Gasteiger partial charge in [-0.25, -0.2) is 15.0 Å². The second-order valence-corrected chi connectivity index (χ2v) is 8.54. The molecule has 0 spiro atoms. The van der Waals surface area contributed by atoms with E-state index in [9.17, 15) is 29.1 Å². The number of rotatable bonds is 7. The molecular formula is C11H17BN5Na3O9P2S. The van der Waals surface area contributed by atoms with Gasteiger partial charge in [0, 0.05) is 0 Å². The van der Waals surface area contributed by atoms with Crippen molar-refractivity contribution in [2.75, 3.05) is 18.6 Å². The van der Waals surface area contributed by atoms with E-state index < -0.39 is 54.0 Å². The van der Waals surface area contributed by atoms with Gasteiger partial charge in [0.25, 0.3) is 0 Å².